The van der Waals surface area contributed by atoms with Gasteiger partial charge in [-0.3, -0.25) is 0 Å². The van der Waals surface area contributed by atoms with E-state index in [9.17, 15) is 0 Å². The number of benzene rings is 1. The van der Waals surface area contributed by atoms with E-state index in [1.54, 1.807) is 14.2 Å². The zero-order chi connectivity index (χ0) is 11.4. The van der Waals surface area contributed by atoms with Crippen molar-refractivity contribution in [2.24, 2.45) is 5.92 Å². The van der Waals surface area contributed by atoms with Crippen LogP contribution < -0.4 is 9.47 Å². The highest BCUT2D eigenvalue weighted by Gasteiger charge is 2.17. The summed E-state index contributed by atoms with van der Waals surface area (Å²) in [5, 5.41) is -0.0362. The lowest BCUT2D eigenvalue weighted by atomic mass is 10.0. The molecule has 1 unspecified atom stereocenters. The van der Waals surface area contributed by atoms with Gasteiger partial charge in [-0.2, -0.15) is 0 Å². The lowest BCUT2D eigenvalue weighted by Crippen LogP contribution is -2.02. The summed E-state index contributed by atoms with van der Waals surface area (Å²) in [6, 6.07) is 5.71. The largest absolute Gasteiger partial charge is 0.497 e. The molecule has 0 radical (unpaired) electrons. The Labute approximate surface area is 96.2 Å². The summed E-state index contributed by atoms with van der Waals surface area (Å²) in [5.41, 5.74) is 1.01. The van der Waals surface area contributed by atoms with Crippen molar-refractivity contribution in [1.29, 1.82) is 0 Å². The average Bonchev–Trinajstić information content (AvgIpc) is 2.27. The Morgan fingerprint density at radius 3 is 2.27 bits per heavy atom. The van der Waals surface area contributed by atoms with Gasteiger partial charge in [-0.1, -0.05) is 19.9 Å². The van der Waals surface area contributed by atoms with Crippen molar-refractivity contribution in [3.05, 3.63) is 23.8 Å². The number of rotatable bonds is 4. The van der Waals surface area contributed by atoms with Gasteiger partial charge in [0.15, 0.2) is 0 Å². The lowest BCUT2D eigenvalue weighted by molar-refractivity contribution is 0.388. The fourth-order valence-corrected chi connectivity index (χ4v) is 1.59. The maximum absolute atomic E-state index is 6.30. The van der Waals surface area contributed by atoms with Crippen molar-refractivity contribution < 1.29 is 9.47 Å². The highest BCUT2D eigenvalue weighted by atomic mass is 35.5. The molecule has 0 saturated heterocycles. The zero-order valence-corrected chi connectivity index (χ0v) is 10.3. The molecule has 1 aromatic carbocycles. The number of hydrogen-bond acceptors (Lipinski definition) is 2. The standard InChI is InChI=1S/C12H17ClO2/c1-8(2)12(13)10-6-5-9(14-3)7-11(10)15-4/h5-8,12H,1-4H3. The second-order valence-corrected chi connectivity index (χ2v) is 4.22. The third-order valence-electron chi connectivity index (χ3n) is 2.32. The molecular formula is C12H17ClO2. The average molecular weight is 229 g/mol. The number of methoxy groups -OCH3 is 2. The van der Waals surface area contributed by atoms with Gasteiger partial charge in [0.1, 0.15) is 11.5 Å². The molecule has 0 aliphatic carbocycles. The topological polar surface area (TPSA) is 18.5 Å². The third-order valence-corrected chi connectivity index (χ3v) is 3.06. The Balaban J connectivity index is 3.07. The highest BCUT2D eigenvalue weighted by molar-refractivity contribution is 6.21. The van der Waals surface area contributed by atoms with E-state index in [1.807, 2.05) is 18.2 Å². The molecule has 0 bridgehead atoms. The molecule has 1 atom stereocenters. The van der Waals surface area contributed by atoms with Crippen LogP contribution in [0, 0.1) is 5.92 Å². The van der Waals surface area contributed by atoms with E-state index in [-0.39, 0.29) is 5.38 Å². The van der Waals surface area contributed by atoms with E-state index in [0.29, 0.717) is 5.92 Å². The fourth-order valence-electron chi connectivity index (χ4n) is 1.41. The van der Waals surface area contributed by atoms with Crippen molar-refractivity contribution >= 4 is 11.6 Å². The molecule has 0 spiro atoms. The van der Waals surface area contributed by atoms with Gasteiger partial charge in [0, 0.05) is 11.6 Å². The summed E-state index contributed by atoms with van der Waals surface area (Å²) in [6.07, 6.45) is 0. The molecular weight excluding hydrogens is 212 g/mol. The first-order chi connectivity index (χ1) is 7.10. The van der Waals surface area contributed by atoms with Gasteiger partial charge < -0.3 is 9.47 Å². The number of ether oxygens (including phenoxy) is 2. The molecule has 0 heterocycles. The normalized spacial score (nSPS) is 12.7. The minimum Gasteiger partial charge on any atom is -0.497 e. The van der Waals surface area contributed by atoms with Gasteiger partial charge in [-0.15, -0.1) is 11.6 Å². The minimum atomic E-state index is -0.0362. The summed E-state index contributed by atoms with van der Waals surface area (Å²) in [7, 11) is 3.28. The molecule has 84 valence electrons. The van der Waals surface area contributed by atoms with Crippen LogP contribution in [0.15, 0.2) is 18.2 Å². The van der Waals surface area contributed by atoms with E-state index in [4.69, 9.17) is 21.1 Å². The van der Waals surface area contributed by atoms with Crippen LogP contribution in [0.2, 0.25) is 0 Å². The smallest absolute Gasteiger partial charge is 0.127 e. The fraction of sp³-hybridized carbons (Fsp3) is 0.500. The van der Waals surface area contributed by atoms with Crippen molar-refractivity contribution in [2.45, 2.75) is 19.2 Å². The molecule has 3 heteroatoms. The second-order valence-electron chi connectivity index (χ2n) is 3.75. The van der Waals surface area contributed by atoms with Crippen LogP contribution in [0.1, 0.15) is 24.8 Å². The van der Waals surface area contributed by atoms with Gasteiger partial charge in [-0.05, 0) is 12.0 Å². The maximum atomic E-state index is 6.30. The van der Waals surface area contributed by atoms with Crippen LogP contribution in [-0.4, -0.2) is 14.2 Å². The summed E-state index contributed by atoms with van der Waals surface area (Å²) in [5.74, 6) is 1.93. The molecule has 1 aromatic rings. The van der Waals surface area contributed by atoms with Crippen LogP contribution in [-0.2, 0) is 0 Å². The van der Waals surface area contributed by atoms with Crippen molar-refractivity contribution in [2.75, 3.05) is 14.2 Å². The molecule has 2 nitrogen and oxygen atoms in total. The molecule has 0 aliphatic rings. The van der Waals surface area contributed by atoms with Crippen LogP contribution in [0.3, 0.4) is 0 Å². The molecule has 1 rings (SSSR count). The molecule has 0 aliphatic heterocycles. The van der Waals surface area contributed by atoms with E-state index < -0.39 is 0 Å². The van der Waals surface area contributed by atoms with Crippen LogP contribution in [0.25, 0.3) is 0 Å². The molecule has 15 heavy (non-hydrogen) atoms. The number of hydrogen-bond donors (Lipinski definition) is 0. The lowest BCUT2D eigenvalue weighted by Gasteiger charge is -2.17. The van der Waals surface area contributed by atoms with Gasteiger partial charge in [-0.25, -0.2) is 0 Å². The van der Waals surface area contributed by atoms with Gasteiger partial charge >= 0.3 is 0 Å². The Kier molecular flexibility index (Phi) is 4.28. The Hall–Kier alpha value is -0.890. The summed E-state index contributed by atoms with van der Waals surface area (Å²) in [6.45, 7) is 4.17. The second kappa shape index (κ2) is 5.26. The highest BCUT2D eigenvalue weighted by Crippen LogP contribution is 2.36. The molecule has 0 aromatic heterocycles. The Morgan fingerprint density at radius 1 is 1.13 bits per heavy atom. The van der Waals surface area contributed by atoms with Crippen molar-refractivity contribution in [3.8, 4) is 11.5 Å². The quantitative estimate of drug-likeness (QED) is 0.733. The van der Waals surface area contributed by atoms with E-state index in [1.165, 1.54) is 0 Å². The number of halogens is 1. The predicted molar refractivity (Wildman–Crippen MR) is 63.0 cm³/mol. The van der Waals surface area contributed by atoms with E-state index in [2.05, 4.69) is 13.8 Å². The summed E-state index contributed by atoms with van der Waals surface area (Å²) in [4.78, 5) is 0. The third kappa shape index (κ3) is 2.78. The van der Waals surface area contributed by atoms with Crippen molar-refractivity contribution in [3.63, 3.8) is 0 Å². The van der Waals surface area contributed by atoms with E-state index >= 15 is 0 Å². The van der Waals surface area contributed by atoms with Crippen molar-refractivity contribution in [1.82, 2.24) is 0 Å². The minimum absolute atomic E-state index is 0.0362. The number of alkyl halides is 1. The molecule has 0 N–H and O–H groups in total. The molecule has 0 saturated carbocycles. The first-order valence-electron chi connectivity index (χ1n) is 4.96. The first kappa shape index (κ1) is 12.2. The van der Waals surface area contributed by atoms with E-state index in [0.717, 1.165) is 17.1 Å². The van der Waals surface area contributed by atoms with Crippen LogP contribution in [0.5, 0.6) is 11.5 Å². The Morgan fingerprint density at radius 2 is 1.80 bits per heavy atom. The van der Waals surface area contributed by atoms with Gasteiger partial charge in [0.25, 0.3) is 0 Å². The molecule has 0 fully saturated rings. The maximum Gasteiger partial charge on any atom is 0.127 e. The monoisotopic (exact) mass is 228 g/mol. The first-order valence-corrected chi connectivity index (χ1v) is 5.39. The SMILES string of the molecule is COc1ccc(C(Cl)C(C)C)c(OC)c1. The van der Waals surface area contributed by atoms with Crippen LogP contribution >= 0.6 is 11.6 Å². The summed E-state index contributed by atoms with van der Waals surface area (Å²) >= 11 is 6.30. The van der Waals surface area contributed by atoms with Gasteiger partial charge in [0.05, 0.1) is 19.6 Å². The Bertz CT molecular complexity index is 323. The predicted octanol–water partition coefficient (Wildman–Crippen LogP) is 3.64. The zero-order valence-electron chi connectivity index (χ0n) is 9.58. The molecule has 0 amide bonds. The van der Waals surface area contributed by atoms with Gasteiger partial charge in [0.2, 0.25) is 0 Å². The van der Waals surface area contributed by atoms with Crippen LogP contribution in [0.4, 0.5) is 0 Å². The summed E-state index contributed by atoms with van der Waals surface area (Å²) < 4.78 is 10.4.